The summed E-state index contributed by atoms with van der Waals surface area (Å²) >= 11 is 0. The Labute approximate surface area is 167 Å². The third-order valence-electron chi connectivity index (χ3n) is 4.94. The van der Waals surface area contributed by atoms with Crippen molar-refractivity contribution in [2.24, 2.45) is 0 Å². The Morgan fingerprint density at radius 3 is 2.66 bits per heavy atom. The molecule has 146 valence electrons. The summed E-state index contributed by atoms with van der Waals surface area (Å²) in [5.74, 6) is 1.80. The fraction of sp³-hybridized carbons (Fsp3) is 0.174. The van der Waals surface area contributed by atoms with Gasteiger partial charge in [-0.25, -0.2) is 0 Å². The van der Waals surface area contributed by atoms with Crippen LogP contribution < -0.4 is 19.5 Å². The molecule has 0 radical (unpaired) electrons. The van der Waals surface area contributed by atoms with Crippen LogP contribution in [0.1, 0.15) is 5.56 Å². The summed E-state index contributed by atoms with van der Waals surface area (Å²) in [7, 11) is 1.58. The number of rotatable bonds is 4. The second-order valence-electron chi connectivity index (χ2n) is 6.85. The first kappa shape index (κ1) is 17.4. The van der Waals surface area contributed by atoms with Crippen molar-refractivity contribution in [3.8, 4) is 17.2 Å². The molecule has 4 aromatic rings. The van der Waals surface area contributed by atoms with Gasteiger partial charge in [0.2, 0.25) is 5.91 Å². The van der Waals surface area contributed by atoms with Gasteiger partial charge in [0.25, 0.3) is 0 Å². The number of carbonyl (C=O) groups is 1. The van der Waals surface area contributed by atoms with E-state index >= 15 is 0 Å². The summed E-state index contributed by atoms with van der Waals surface area (Å²) in [5, 5.41) is 4.89. The van der Waals surface area contributed by atoms with Gasteiger partial charge in [0.05, 0.1) is 19.2 Å². The number of hydrogen-bond donors (Lipinski definition) is 1. The van der Waals surface area contributed by atoms with Crippen molar-refractivity contribution in [3.05, 3.63) is 60.2 Å². The quantitative estimate of drug-likeness (QED) is 0.555. The molecular weight excluding hydrogens is 370 g/mol. The molecule has 0 bridgehead atoms. The minimum atomic E-state index is -0.157. The minimum absolute atomic E-state index is 0.157. The molecule has 5 rings (SSSR count). The predicted molar refractivity (Wildman–Crippen MR) is 110 cm³/mol. The minimum Gasteiger partial charge on any atom is -0.495 e. The highest BCUT2D eigenvalue weighted by Gasteiger charge is 2.16. The SMILES string of the molecule is COc1cc2c(cc1NC(=O)Cc1ccc3c(c1)OCCO3)oc1ccccc12. The maximum atomic E-state index is 12.7. The second-order valence-corrected chi connectivity index (χ2v) is 6.85. The molecule has 6 heteroatoms. The highest BCUT2D eigenvalue weighted by molar-refractivity contribution is 6.07. The molecule has 1 aliphatic rings. The highest BCUT2D eigenvalue weighted by Crippen LogP contribution is 2.36. The van der Waals surface area contributed by atoms with E-state index in [1.807, 2.05) is 48.5 Å². The molecule has 3 aromatic carbocycles. The van der Waals surface area contributed by atoms with Crippen LogP contribution in [-0.4, -0.2) is 26.2 Å². The average Bonchev–Trinajstić information content (AvgIpc) is 3.10. The average molecular weight is 389 g/mol. The smallest absolute Gasteiger partial charge is 0.228 e. The third kappa shape index (κ3) is 3.23. The number of anilines is 1. The standard InChI is InChI=1S/C23H19NO5/c1-26-21-12-16-15-4-2-3-5-18(15)29-20(16)13-17(21)24-23(25)11-14-6-7-19-22(10-14)28-9-8-27-19/h2-7,10,12-13H,8-9,11H2,1H3,(H,24,25). The lowest BCUT2D eigenvalue weighted by Crippen LogP contribution is -2.17. The van der Waals surface area contributed by atoms with Crippen molar-refractivity contribution >= 4 is 33.5 Å². The van der Waals surface area contributed by atoms with Gasteiger partial charge in [0.1, 0.15) is 30.1 Å². The largest absolute Gasteiger partial charge is 0.495 e. The van der Waals surface area contributed by atoms with Crippen LogP contribution in [0.2, 0.25) is 0 Å². The summed E-state index contributed by atoms with van der Waals surface area (Å²) in [5.41, 5.74) is 2.91. The number of furan rings is 1. The zero-order chi connectivity index (χ0) is 19.8. The lowest BCUT2D eigenvalue weighted by molar-refractivity contribution is -0.115. The fourth-order valence-electron chi connectivity index (χ4n) is 3.60. The first-order valence-corrected chi connectivity index (χ1v) is 9.39. The fourth-order valence-corrected chi connectivity index (χ4v) is 3.60. The van der Waals surface area contributed by atoms with Crippen molar-refractivity contribution in [1.82, 2.24) is 0 Å². The zero-order valence-electron chi connectivity index (χ0n) is 15.9. The number of hydrogen-bond acceptors (Lipinski definition) is 5. The molecule has 2 heterocycles. The van der Waals surface area contributed by atoms with Gasteiger partial charge in [-0.1, -0.05) is 24.3 Å². The highest BCUT2D eigenvalue weighted by atomic mass is 16.6. The number of amides is 1. The first-order valence-electron chi connectivity index (χ1n) is 9.39. The first-order chi connectivity index (χ1) is 14.2. The Balaban J connectivity index is 1.41. The normalized spacial score (nSPS) is 12.9. The molecule has 0 unspecified atom stereocenters. The molecule has 1 N–H and O–H groups in total. The Morgan fingerprint density at radius 2 is 1.79 bits per heavy atom. The summed E-state index contributed by atoms with van der Waals surface area (Å²) < 4.78 is 22.5. The number of nitrogens with one attached hydrogen (secondary N) is 1. The zero-order valence-corrected chi connectivity index (χ0v) is 15.9. The molecule has 0 saturated heterocycles. The number of para-hydroxylation sites is 1. The Bertz CT molecular complexity index is 1230. The van der Waals surface area contributed by atoms with Crippen LogP contribution in [0.3, 0.4) is 0 Å². The van der Waals surface area contributed by atoms with E-state index in [9.17, 15) is 4.79 Å². The van der Waals surface area contributed by atoms with E-state index in [2.05, 4.69) is 5.32 Å². The summed E-state index contributed by atoms with van der Waals surface area (Å²) in [6.07, 6.45) is 0.206. The van der Waals surface area contributed by atoms with Crippen LogP contribution in [0.25, 0.3) is 21.9 Å². The van der Waals surface area contributed by atoms with E-state index in [0.29, 0.717) is 41.7 Å². The van der Waals surface area contributed by atoms with Gasteiger partial charge in [-0.15, -0.1) is 0 Å². The van der Waals surface area contributed by atoms with E-state index in [0.717, 1.165) is 21.9 Å². The predicted octanol–water partition coefficient (Wildman–Crippen LogP) is 4.55. The Morgan fingerprint density at radius 1 is 0.966 bits per heavy atom. The number of carbonyl (C=O) groups excluding carboxylic acids is 1. The van der Waals surface area contributed by atoms with E-state index in [1.54, 1.807) is 13.2 Å². The van der Waals surface area contributed by atoms with Gasteiger partial charge in [0.15, 0.2) is 11.5 Å². The van der Waals surface area contributed by atoms with Crippen LogP contribution in [0.5, 0.6) is 17.2 Å². The van der Waals surface area contributed by atoms with Gasteiger partial charge in [-0.05, 0) is 29.8 Å². The Kier molecular flexibility index (Phi) is 4.24. The maximum Gasteiger partial charge on any atom is 0.228 e. The van der Waals surface area contributed by atoms with Gasteiger partial charge in [-0.2, -0.15) is 0 Å². The number of ether oxygens (including phenoxy) is 3. The van der Waals surface area contributed by atoms with E-state index in [1.165, 1.54) is 0 Å². The number of methoxy groups -OCH3 is 1. The van der Waals surface area contributed by atoms with E-state index < -0.39 is 0 Å². The van der Waals surface area contributed by atoms with Crippen LogP contribution in [0.15, 0.2) is 59.0 Å². The molecule has 0 saturated carbocycles. The van der Waals surface area contributed by atoms with Crippen LogP contribution in [0, 0.1) is 0 Å². The van der Waals surface area contributed by atoms with Gasteiger partial charge < -0.3 is 23.9 Å². The lowest BCUT2D eigenvalue weighted by Gasteiger charge is -2.18. The monoisotopic (exact) mass is 389 g/mol. The molecule has 1 amide bonds. The Hall–Kier alpha value is -3.67. The second kappa shape index (κ2) is 7.05. The molecule has 0 atom stereocenters. The molecule has 29 heavy (non-hydrogen) atoms. The number of fused-ring (bicyclic) bond motifs is 4. The summed E-state index contributed by atoms with van der Waals surface area (Å²) in [6.45, 7) is 1.05. The van der Waals surface area contributed by atoms with Gasteiger partial charge in [-0.3, -0.25) is 4.79 Å². The van der Waals surface area contributed by atoms with Crippen molar-refractivity contribution in [2.75, 3.05) is 25.6 Å². The topological polar surface area (TPSA) is 69.9 Å². The molecular formula is C23H19NO5. The van der Waals surface area contributed by atoms with Crippen LogP contribution in [0.4, 0.5) is 5.69 Å². The van der Waals surface area contributed by atoms with Crippen molar-refractivity contribution in [1.29, 1.82) is 0 Å². The van der Waals surface area contributed by atoms with Crippen molar-refractivity contribution in [2.45, 2.75) is 6.42 Å². The molecule has 1 aliphatic heterocycles. The van der Waals surface area contributed by atoms with E-state index in [4.69, 9.17) is 18.6 Å². The molecule has 0 fully saturated rings. The van der Waals surface area contributed by atoms with E-state index in [-0.39, 0.29) is 12.3 Å². The summed E-state index contributed by atoms with van der Waals surface area (Å²) in [6, 6.07) is 17.0. The maximum absolute atomic E-state index is 12.7. The molecule has 6 nitrogen and oxygen atoms in total. The third-order valence-corrected chi connectivity index (χ3v) is 4.94. The van der Waals surface area contributed by atoms with Gasteiger partial charge in [0, 0.05) is 16.8 Å². The van der Waals surface area contributed by atoms with Crippen molar-refractivity contribution < 1.29 is 23.4 Å². The molecule has 0 aliphatic carbocycles. The molecule has 0 spiro atoms. The molecule has 1 aromatic heterocycles. The number of benzene rings is 3. The van der Waals surface area contributed by atoms with Crippen molar-refractivity contribution in [3.63, 3.8) is 0 Å². The van der Waals surface area contributed by atoms with Crippen LogP contribution >= 0.6 is 0 Å². The summed E-state index contributed by atoms with van der Waals surface area (Å²) in [4.78, 5) is 12.7. The lowest BCUT2D eigenvalue weighted by atomic mass is 10.1. The van der Waals surface area contributed by atoms with Crippen LogP contribution in [-0.2, 0) is 11.2 Å². The van der Waals surface area contributed by atoms with Gasteiger partial charge >= 0.3 is 0 Å².